The van der Waals surface area contributed by atoms with Crippen LogP contribution in [0.5, 0.6) is 0 Å². The Morgan fingerprint density at radius 2 is 1.93 bits per heavy atom. The van der Waals surface area contributed by atoms with Gasteiger partial charge in [0.1, 0.15) is 6.29 Å². The molecule has 1 unspecified atom stereocenters. The Hall–Kier alpha value is -2.45. The van der Waals surface area contributed by atoms with Crippen LogP contribution in [0.1, 0.15) is 24.4 Å². The second-order valence-corrected chi connectivity index (χ2v) is 7.49. The lowest BCUT2D eigenvalue weighted by atomic mass is 10.1. The lowest BCUT2D eigenvalue weighted by Gasteiger charge is -2.32. The summed E-state index contributed by atoms with van der Waals surface area (Å²) in [5.74, 6) is -0.143. The first-order valence-corrected chi connectivity index (χ1v) is 9.71. The molecule has 3 rings (SSSR count). The lowest BCUT2D eigenvalue weighted by Crippen LogP contribution is -2.43. The number of hydrogen-bond acceptors (Lipinski definition) is 5. The fraction of sp³-hybridized carbons (Fsp3) is 0.550. The molecule has 8 nitrogen and oxygen atoms in total. The largest absolute Gasteiger partial charge is 0.359 e. The molecule has 0 saturated carbocycles. The molecule has 1 fully saturated rings. The number of aldehydes is 1. The highest BCUT2D eigenvalue weighted by atomic mass is 16.2. The molecule has 0 spiro atoms. The standard InChI is InChI=1S/C20H29N5O3/c1-21-18(27)8-7-16(14-26)25-17-6-4-5-15(19(17)23(3)20(25)28)13-24-11-9-22(2)10-12-24/h4-6,14,16H,7-13H2,1-3H3,(H,21,27). The molecule has 0 aliphatic carbocycles. The van der Waals surface area contributed by atoms with Crippen LogP contribution in [0.3, 0.4) is 0 Å². The van der Waals surface area contributed by atoms with E-state index in [4.69, 9.17) is 0 Å². The summed E-state index contributed by atoms with van der Waals surface area (Å²) in [7, 11) is 5.43. The number of fused-ring (bicyclic) bond motifs is 1. The molecule has 28 heavy (non-hydrogen) atoms. The summed E-state index contributed by atoms with van der Waals surface area (Å²) >= 11 is 0. The van der Waals surface area contributed by atoms with Crippen LogP contribution in [0.25, 0.3) is 11.0 Å². The van der Waals surface area contributed by atoms with Crippen molar-refractivity contribution in [2.24, 2.45) is 7.05 Å². The number of nitrogens with zero attached hydrogens (tertiary/aromatic N) is 4. The monoisotopic (exact) mass is 387 g/mol. The normalized spacial score (nSPS) is 17.0. The first kappa shape index (κ1) is 20.3. The number of amides is 1. The number of para-hydroxylation sites is 1. The second kappa shape index (κ2) is 8.70. The Morgan fingerprint density at radius 3 is 2.57 bits per heavy atom. The first-order chi connectivity index (χ1) is 13.5. The predicted octanol–water partition coefficient (Wildman–Crippen LogP) is 0.354. The van der Waals surface area contributed by atoms with Crippen molar-refractivity contribution in [2.75, 3.05) is 40.3 Å². The van der Waals surface area contributed by atoms with Crippen LogP contribution < -0.4 is 11.0 Å². The van der Waals surface area contributed by atoms with Crippen molar-refractivity contribution in [3.05, 3.63) is 34.2 Å². The molecule has 1 aromatic heterocycles. The number of aryl methyl sites for hydroxylation is 1. The molecular formula is C20H29N5O3. The average molecular weight is 387 g/mol. The van der Waals surface area contributed by atoms with Crippen molar-refractivity contribution in [2.45, 2.75) is 25.4 Å². The van der Waals surface area contributed by atoms with Gasteiger partial charge in [0, 0.05) is 53.2 Å². The number of likely N-dealkylation sites (N-methyl/N-ethyl adjacent to an activating group) is 1. The third-order valence-corrected chi connectivity index (χ3v) is 5.61. The number of hydrogen-bond donors (Lipinski definition) is 1. The van der Waals surface area contributed by atoms with Crippen molar-refractivity contribution in [3.63, 3.8) is 0 Å². The summed E-state index contributed by atoms with van der Waals surface area (Å²) in [5, 5.41) is 2.55. The Kier molecular flexibility index (Phi) is 6.31. The van der Waals surface area contributed by atoms with Crippen molar-refractivity contribution in [1.29, 1.82) is 0 Å². The van der Waals surface area contributed by atoms with E-state index in [1.807, 2.05) is 18.2 Å². The second-order valence-electron chi connectivity index (χ2n) is 7.49. The maximum absolute atomic E-state index is 12.9. The molecule has 1 aliphatic heterocycles. The van der Waals surface area contributed by atoms with Gasteiger partial charge >= 0.3 is 5.69 Å². The zero-order chi connectivity index (χ0) is 20.3. The maximum Gasteiger partial charge on any atom is 0.329 e. The van der Waals surface area contributed by atoms with Crippen molar-refractivity contribution < 1.29 is 9.59 Å². The maximum atomic E-state index is 12.9. The number of carbonyl (C=O) groups excluding carboxylic acids is 2. The summed E-state index contributed by atoms with van der Waals surface area (Å²) < 4.78 is 3.15. The molecule has 0 radical (unpaired) electrons. The molecule has 2 aromatic rings. The van der Waals surface area contributed by atoms with E-state index in [9.17, 15) is 14.4 Å². The molecule has 1 aliphatic rings. The number of piperazine rings is 1. The van der Waals surface area contributed by atoms with Gasteiger partial charge in [-0.25, -0.2) is 4.79 Å². The average Bonchev–Trinajstić information content (AvgIpc) is 2.96. The summed E-state index contributed by atoms with van der Waals surface area (Å²) in [4.78, 5) is 41.0. The van der Waals surface area contributed by atoms with Crippen LogP contribution in [-0.2, 0) is 23.2 Å². The highest BCUT2D eigenvalue weighted by molar-refractivity contribution is 5.81. The van der Waals surface area contributed by atoms with E-state index >= 15 is 0 Å². The third-order valence-electron chi connectivity index (χ3n) is 5.61. The van der Waals surface area contributed by atoms with Gasteiger partial charge in [-0.2, -0.15) is 0 Å². The zero-order valence-electron chi connectivity index (χ0n) is 16.9. The van der Waals surface area contributed by atoms with Crippen molar-refractivity contribution >= 4 is 23.2 Å². The molecule has 0 bridgehead atoms. The van der Waals surface area contributed by atoms with E-state index in [-0.39, 0.29) is 18.0 Å². The Morgan fingerprint density at radius 1 is 1.21 bits per heavy atom. The van der Waals surface area contributed by atoms with Gasteiger partial charge in [-0.05, 0) is 25.1 Å². The molecule has 1 saturated heterocycles. The quantitative estimate of drug-likeness (QED) is 0.694. The third kappa shape index (κ3) is 4.02. The molecule has 1 amide bonds. The smallest absolute Gasteiger partial charge is 0.329 e. The van der Waals surface area contributed by atoms with E-state index in [0.29, 0.717) is 6.42 Å². The molecule has 152 valence electrons. The summed E-state index contributed by atoms with van der Waals surface area (Å²) in [6, 6.07) is 5.20. The van der Waals surface area contributed by atoms with Gasteiger partial charge in [0.15, 0.2) is 0 Å². The molecule has 1 N–H and O–H groups in total. The molecule has 1 atom stereocenters. The number of benzene rings is 1. The van der Waals surface area contributed by atoms with Gasteiger partial charge in [-0.3, -0.25) is 18.8 Å². The van der Waals surface area contributed by atoms with Gasteiger partial charge in [-0.1, -0.05) is 12.1 Å². The van der Waals surface area contributed by atoms with Crippen LogP contribution in [0.2, 0.25) is 0 Å². The topological polar surface area (TPSA) is 79.6 Å². The SMILES string of the molecule is CNC(=O)CCC(C=O)n1c(=O)n(C)c2c(CN3CCN(C)CC3)cccc21. The van der Waals surface area contributed by atoms with Gasteiger partial charge < -0.3 is 15.0 Å². The minimum absolute atomic E-state index is 0.143. The molecule has 8 heteroatoms. The highest BCUT2D eigenvalue weighted by Crippen LogP contribution is 2.23. The minimum Gasteiger partial charge on any atom is -0.359 e. The van der Waals surface area contributed by atoms with E-state index in [1.165, 1.54) is 4.57 Å². The fourth-order valence-electron chi connectivity index (χ4n) is 3.88. The summed E-state index contributed by atoms with van der Waals surface area (Å²) in [6.07, 6.45) is 1.26. The first-order valence-electron chi connectivity index (χ1n) is 9.71. The van der Waals surface area contributed by atoms with Crippen LogP contribution in [-0.4, -0.2) is 71.4 Å². The van der Waals surface area contributed by atoms with Crippen molar-refractivity contribution in [3.8, 4) is 0 Å². The van der Waals surface area contributed by atoms with Gasteiger partial charge in [0.05, 0.1) is 17.1 Å². The lowest BCUT2D eigenvalue weighted by molar-refractivity contribution is -0.121. The number of imidazole rings is 1. The molecule has 2 heterocycles. The predicted molar refractivity (Wildman–Crippen MR) is 108 cm³/mol. The van der Waals surface area contributed by atoms with E-state index in [2.05, 4.69) is 22.2 Å². The fourth-order valence-corrected chi connectivity index (χ4v) is 3.88. The highest BCUT2D eigenvalue weighted by Gasteiger charge is 2.22. The van der Waals surface area contributed by atoms with Gasteiger partial charge in [0.2, 0.25) is 5.91 Å². The minimum atomic E-state index is -0.660. The Labute approximate surface area is 164 Å². The van der Waals surface area contributed by atoms with Crippen molar-refractivity contribution in [1.82, 2.24) is 24.3 Å². The number of rotatable bonds is 7. The number of aromatic nitrogens is 2. The zero-order valence-corrected chi connectivity index (χ0v) is 16.9. The number of carbonyl (C=O) groups is 2. The van der Waals surface area contributed by atoms with E-state index in [0.717, 1.165) is 55.6 Å². The van der Waals surface area contributed by atoms with Crippen LogP contribution in [0.4, 0.5) is 0 Å². The Balaban J connectivity index is 1.95. The van der Waals surface area contributed by atoms with E-state index < -0.39 is 6.04 Å². The molecular weight excluding hydrogens is 358 g/mol. The van der Waals surface area contributed by atoms with Gasteiger partial charge in [0.25, 0.3) is 0 Å². The number of nitrogens with one attached hydrogen (secondary N) is 1. The van der Waals surface area contributed by atoms with Crippen LogP contribution in [0, 0.1) is 0 Å². The van der Waals surface area contributed by atoms with E-state index in [1.54, 1.807) is 18.7 Å². The Bertz CT molecular complexity index is 908. The van der Waals surface area contributed by atoms with Gasteiger partial charge in [-0.15, -0.1) is 0 Å². The van der Waals surface area contributed by atoms with Crippen LogP contribution >= 0.6 is 0 Å². The molecule has 1 aromatic carbocycles. The summed E-state index contributed by atoms with van der Waals surface area (Å²) in [6.45, 7) is 4.81. The summed E-state index contributed by atoms with van der Waals surface area (Å²) in [5.41, 5.74) is 2.46. The van der Waals surface area contributed by atoms with Crippen LogP contribution in [0.15, 0.2) is 23.0 Å².